The van der Waals surface area contributed by atoms with Gasteiger partial charge in [-0.2, -0.15) is 5.10 Å². The van der Waals surface area contributed by atoms with Crippen LogP contribution < -0.4 is 5.73 Å². The number of hydrogen-bond donors (Lipinski definition) is 1. The summed E-state index contributed by atoms with van der Waals surface area (Å²) in [5.74, 6) is -1.84. The average Bonchev–Trinajstić information content (AvgIpc) is 2.89. The van der Waals surface area contributed by atoms with Crippen molar-refractivity contribution in [1.82, 2.24) is 14.8 Å². The van der Waals surface area contributed by atoms with Crippen molar-refractivity contribution in [1.29, 1.82) is 0 Å². The molecule has 5 nitrogen and oxygen atoms in total. The summed E-state index contributed by atoms with van der Waals surface area (Å²) >= 11 is 0. The number of amides is 1. The van der Waals surface area contributed by atoms with E-state index >= 15 is 0 Å². The number of nitrogens with two attached hydrogens (primary N) is 1. The van der Waals surface area contributed by atoms with Crippen LogP contribution in [0.2, 0.25) is 0 Å². The summed E-state index contributed by atoms with van der Waals surface area (Å²) in [4.78, 5) is 15.6. The zero-order valence-corrected chi connectivity index (χ0v) is 12.8. The highest BCUT2D eigenvalue weighted by Gasteiger charge is 2.36. The Balaban J connectivity index is 1.90. The van der Waals surface area contributed by atoms with Gasteiger partial charge in [0.2, 0.25) is 11.8 Å². The first-order valence-electron chi connectivity index (χ1n) is 7.57. The number of aromatic nitrogens is 3. The second-order valence-electron chi connectivity index (χ2n) is 5.96. The van der Waals surface area contributed by atoms with Crippen LogP contribution in [0, 0.1) is 6.92 Å². The van der Waals surface area contributed by atoms with E-state index in [1.165, 1.54) is 0 Å². The molecule has 1 aliphatic rings. The normalized spacial score (nSPS) is 18.0. The molecule has 0 saturated heterocycles. The number of halogens is 2. The van der Waals surface area contributed by atoms with E-state index in [0.29, 0.717) is 30.1 Å². The number of rotatable bonds is 3. The Morgan fingerprint density at radius 1 is 1.26 bits per heavy atom. The molecule has 122 valence electrons. The Labute approximate surface area is 132 Å². The number of carbonyl (C=O) groups is 1. The molecule has 1 fully saturated rings. The molecule has 0 atom stereocenters. The van der Waals surface area contributed by atoms with Crippen LogP contribution in [0.25, 0.3) is 11.4 Å². The average molecular weight is 320 g/mol. The van der Waals surface area contributed by atoms with Gasteiger partial charge in [-0.05, 0) is 31.9 Å². The summed E-state index contributed by atoms with van der Waals surface area (Å²) in [5, 5.41) is 4.39. The zero-order valence-electron chi connectivity index (χ0n) is 12.8. The van der Waals surface area contributed by atoms with Crippen LogP contribution >= 0.6 is 0 Å². The summed E-state index contributed by atoms with van der Waals surface area (Å²) in [6, 6.07) is 6.67. The maximum atomic E-state index is 13.4. The van der Waals surface area contributed by atoms with E-state index in [0.717, 1.165) is 5.56 Å². The van der Waals surface area contributed by atoms with Crippen LogP contribution in [0.15, 0.2) is 24.3 Å². The smallest absolute Gasteiger partial charge is 0.248 e. The number of alkyl halides is 2. The molecular weight excluding hydrogens is 302 g/mol. The monoisotopic (exact) mass is 320 g/mol. The molecule has 1 aromatic heterocycles. The van der Waals surface area contributed by atoms with E-state index in [9.17, 15) is 13.6 Å². The summed E-state index contributed by atoms with van der Waals surface area (Å²) in [7, 11) is 0. The first-order valence-corrected chi connectivity index (χ1v) is 7.57. The van der Waals surface area contributed by atoms with Crippen molar-refractivity contribution in [2.45, 2.75) is 44.6 Å². The van der Waals surface area contributed by atoms with Gasteiger partial charge in [-0.3, -0.25) is 4.79 Å². The minimum absolute atomic E-state index is 0.0818. The van der Waals surface area contributed by atoms with Crippen molar-refractivity contribution in [2.75, 3.05) is 0 Å². The topological polar surface area (TPSA) is 73.8 Å². The van der Waals surface area contributed by atoms with Gasteiger partial charge >= 0.3 is 0 Å². The molecule has 1 aromatic carbocycles. The third-order valence-corrected chi connectivity index (χ3v) is 4.20. The lowest BCUT2D eigenvalue weighted by Crippen LogP contribution is -2.27. The molecule has 1 aliphatic carbocycles. The first kappa shape index (κ1) is 15.6. The highest BCUT2D eigenvalue weighted by atomic mass is 19.3. The van der Waals surface area contributed by atoms with Crippen molar-refractivity contribution in [3.63, 3.8) is 0 Å². The van der Waals surface area contributed by atoms with E-state index < -0.39 is 11.8 Å². The van der Waals surface area contributed by atoms with Crippen LogP contribution in [0.4, 0.5) is 8.78 Å². The van der Waals surface area contributed by atoms with Gasteiger partial charge in [-0.25, -0.2) is 18.4 Å². The number of hydrogen-bond acceptors (Lipinski definition) is 3. The molecule has 1 saturated carbocycles. The number of benzene rings is 1. The Morgan fingerprint density at radius 3 is 2.43 bits per heavy atom. The number of carbonyl (C=O) groups excluding carboxylic acids is 1. The first-order chi connectivity index (χ1) is 10.9. The maximum Gasteiger partial charge on any atom is 0.248 e. The van der Waals surface area contributed by atoms with Gasteiger partial charge in [0.1, 0.15) is 5.82 Å². The van der Waals surface area contributed by atoms with Gasteiger partial charge in [0.05, 0.1) is 6.04 Å². The molecule has 2 aromatic rings. The molecule has 1 heterocycles. The maximum absolute atomic E-state index is 13.4. The van der Waals surface area contributed by atoms with Crippen LogP contribution in [0.1, 0.15) is 47.9 Å². The third-order valence-electron chi connectivity index (χ3n) is 4.20. The van der Waals surface area contributed by atoms with Gasteiger partial charge in [0.15, 0.2) is 5.82 Å². The van der Waals surface area contributed by atoms with Crippen LogP contribution in [0.3, 0.4) is 0 Å². The highest BCUT2D eigenvalue weighted by Crippen LogP contribution is 2.39. The molecule has 3 rings (SSSR count). The fraction of sp³-hybridized carbons (Fsp3) is 0.438. The van der Waals surface area contributed by atoms with Gasteiger partial charge in [0.25, 0.3) is 0 Å². The van der Waals surface area contributed by atoms with Crippen LogP contribution in [-0.4, -0.2) is 26.6 Å². The summed E-state index contributed by atoms with van der Waals surface area (Å²) in [5.41, 5.74) is 6.43. The fourth-order valence-electron chi connectivity index (χ4n) is 2.93. The van der Waals surface area contributed by atoms with Crippen LogP contribution in [-0.2, 0) is 0 Å². The van der Waals surface area contributed by atoms with E-state index in [-0.39, 0.29) is 18.9 Å². The van der Waals surface area contributed by atoms with Crippen molar-refractivity contribution in [2.24, 2.45) is 5.73 Å². The minimum Gasteiger partial charge on any atom is -0.366 e. The van der Waals surface area contributed by atoms with E-state index in [2.05, 4.69) is 10.1 Å². The zero-order chi connectivity index (χ0) is 16.6. The van der Waals surface area contributed by atoms with Gasteiger partial charge < -0.3 is 5.73 Å². The molecular formula is C16H18F2N4O. The van der Waals surface area contributed by atoms with Crippen LogP contribution in [0.5, 0.6) is 0 Å². The lowest BCUT2D eigenvalue weighted by atomic mass is 9.92. The summed E-state index contributed by atoms with van der Waals surface area (Å²) in [6.07, 6.45) is 0.498. The molecule has 23 heavy (non-hydrogen) atoms. The lowest BCUT2D eigenvalue weighted by Gasteiger charge is -2.29. The second kappa shape index (κ2) is 5.72. The lowest BCUT2D eigenvalue weighted by molar-refractivity contribution is -0.0448. The quantitative estimate of drug-likeness (QED) is 0.944. The van der Waals surface area contributed by atoms with E-state index in [4.69, 9.17) is 5.73 Å². The molecule has 0 radical (unpaired) electrons. The Morgan fingerprint density at radius 2 is 1.87 bits per heavy atom. The van der Waals surface area contributed by atoms with Gasteiger partial charge in [-0.1, -0.05) is 12.1 Å². The SMILES string of the molecule is Cc1nc(-c2ccc(C(N)=O)cc2)n(C2CCC(F)(F)CC2)n1. The second-order valence-corrected chi connectivity index (χ2v) is 5.96. The predicted molar refractivity (Wildman–Crippen MR) is 81.2 cm³/mol. The standard InChI is InChI=1S/C16H18F2N4O/c1-10-20-15(12-4-2-11(3-5-12)14(19)23)22(21-10)13-6-8-16(17,18)9-7-13/h2-5,13H,6-9H2,1H3,(H2,19,23). The molecule has 0 unspecified atom stereocenters. The Kier molecular flexibility index (Phi) is 3.87. The Bertz CT molecular complexity index is 714. The van der Waals surface area contributed by atoms with Crippen molar-refractivity contribution < 1.29 is 13.6 Å². The molecule has 1 amide bonds. The third kappa shape index (κ3) is 3.23. The van der Waals surface area contributed by atoms with Crippen molar-refractivity contribution in [3.05, 3.63) is 35.7 Å². The summed E-state index contributed by atoms with van der Waals surface area (Å²) in [6.45, 7) is 1.77. The fourth-order valence-corrected chi connectivity index (χ4v) is 2.93. The van der Waals surface area contributed by atoms with Crippen molar-refractivity contribution >= 4 is 5.91 Å². The predicted octanol–water partition coefficient (Wildman–Crippen LogP) is 3.10. The van der Waals surface area contributed by atoms with E-state index in [1.807, 2.05) is 0 Å². The largest absolute Gasteiger partial charge is 0.366 e. The number of nitrogens with zero attached hydrogens (tertiary/aromatic N) is 3. The number of aryl methyl sites for hydroxylation is 1. The Hall–Kier alpha value is -2.31. The summed E-state index contributed by atoms with van der Waals surface area (Å²) < 4.78 is 28.4. The molecule has 0 spiro atoms. The van der Waals surface area contributed by atoms with E-state index in [1.54, 1.807) is 35.9 Å². The molecule has 2 N–H and O–H groups in total. The van der Waals surface area contributed by atoms with Crippen molar-refractivity contribution in [3.8, 4) is 11.4 Å². The minimum atomic E-state index is -2.57. The highest BCUT2D eigenvalue weighted by molar-refractivity contribution is 5.93. The number of primary amides is 1. The molecule has 0 aliphatic heterocycles. The van der Waals surface area contributed by atoms with Gasteiger partial charge in [0, 0.05) is 24.0 Å². The molecule has 7 heteroatoms. The molecule has 0 bridgehead atoms. The van der Waals surface area contributed by atoms with Gasteiger partial charge in [-0.15, -0.1) is 0 Å².